The van der Waals surface area contributed by atoms with Crippen molar-refractivity contribution in [2.75, 3.05) is 0 Å². The van der Waals surface area contributed by atoms with Gasteiger partial charge in [-0.05, 0) is 12.1 Å². The third kappa shape index (κ3) is 2.73. The van der Waals surface area contributed by atoms with Crippen molar-refractivity contribution < 1.29 is 4.79 Å². The summed E-state index contributed by atoms with van der Waals surface area (Å²) in [7, 11) is 0. The van der Waals surface area contributed by atoms with Crippen molar-refractivity contribution in [3.63, 3.8) is 0 Å². The van der Waals surface area contributed by atoms with Crippen LogP contribution in [0.15, 0.2) is 60.0 Å². The van der Waals surface area contributed by atoms with E-state index in [1.54, 1.807) is 24.3 Å². The van der Waals surface area contributed by atoms with Crippen LogP contribution in [0.1, 0.15) is 20.9 Å². The predicted octanol–water partition coefficient (Wildman–Crippen LogP) is 3.91. The first-order valence-corrected chi connectivity index (χ1v) is 7.22. The Morgan fingerprint density at radius 1 is 1.05 bits per heavy atom. The molecule has 0 unspecified atom stereocenters. The van der Waals surface area contributed by atoms with Gasteiger partial charge in [-0.3, -0.25) is 4.79 Å². The maximum Gasteiger partial charge on any atom is 0.221 e. The molecule has 2 aromatic carbocycles. The van der Waals surface area contributed by atoms with Crippen LogP contribution in [0.5, 0.6) is 0 Å². The molecule has 0 fully saturated rings. The first-order valence-electron chi connectivity index (χ1n) is 6.34. The van der Waals surface area contributed by atoms with Gasteiger partial charge in [-0.1, -0.05) is 42.5 Å². The van der Waals surface area contributed by atoms with Crippen molar-refractivity contribution in [1.29, 1.82) is 5.26 Å². The Balaban J connectivity index is 1.89. The molecule has 100 valence electrons. The number of nitrogens with zero attached hydrogens (tertiary/aromatic N) is 2. The van der Waals surface area contributed by atoms with Crippen molar-refractivity contribution in [3.05, 3.63) is 76.1 Å². The quantitative estimate of drug-likeness (QED) is 0.687. The summed E-state index contributed by atoms with van der Waals surface area (Å²) in [6.45, 7) is 0. The lowest BCUT2D eigenvalue weighted by atomic mass is 10.1. The smallest absolute Gasteiger partial charge is 0.221 e. The van der Waals surface area contributed by atoms with Gasteiger partial charge in [0.2, 0.25) is 5.78 Å². The molecule has 0 N–H and O–H groups in total. The third-order valence-electron chi connectivity index (χ3n) is 3.04. The molecule has 0 spiro atoms. The summed E-state index contributed by atoms with van der Waals surface area (Å²) in [4.78, 5) is 16.7. The fourth-order valence-corrected chi connectivity index (χ4v) is 2.73. The summed E-state index contributed by atoms with van der Waals surface area (Å²) in [6.07, 6.45) is 0. The van der Waals surface area contributed by atoms with E-state index in [4.69, 9.17) is 5.26 Å². The Kier molecular flexibility index (Phi) is 3.59. The molecule has 3 rings (SSSR count). The summed E-state index contributed by atoms with van der Waals surface area (Å²) >= 11 is 1.33. The Bertz CT molecular complexity index is 814. The highest BCUT2D eigenvalue weighted by atomic mass is 32.1. The average Bonchev–Trinajstić information content (AvgIpc) is 3.05. The van der Waals surface area contributed by atoms with Crippen LogP contribution < -0.4 is 0 Å². The van der Waals surface area contributed by atoms with Crippen LogP contribution in [0.2, 0.25) is 0 Å². The zero-order valence-electron chi connectivity index (χ0n) is 11.0. The van der Waals surface area contributed by atoms with Crippen molar-refractivity contribution >= 4 is 17.1 Å². The first-order chi connectivity index (χ1) is 10.3. The lowest BCUT2D eigenvalue weighted by Crippen LogP contribution is -1.99. The number of hydrogen-bond donors (Lipinski definition) is 0. The molecule has 0 aliphatic rings. The number of thiazole rings is 1. The average molecular weight is 290 g/mol. The molecule has 1 aromatic heterocycles. The standard InChI is InChI=1S/C17H10N2OS/c18-10-12-6-8-13(9-7-12)15-11-21-17(19-15)16(20)14-4-2-1-3-5-14/h1-9,11H. The summed E-state index contributed by atoms with van der Waals surface area (Å²) in [6, 6.07) is 18.4. The Morgan fingerprint density at radius 3 is 2.43 bits per heavy atom. The Labute approximate surface area is 126 Å². The van der Waals surface area contributed by atoms with Gasteiger partial charge in [-0.15, -0.1) is 11.3 Å². The molecular weight excluding hydrogens is 280 g/mol. The molecule has 0 bridgehead atoms. The van der Waals surface area contributed by atoms with E-state index < -0.39 is 0 Å². The van der Waals surface area contributed by atoms with E-state index in [-0.39, 0.29) is 5.78 Å². The van der Waals surface area contributed by atoms with Gasteiger partial charge in [0.05, 0.1) is 17.3 Å². The molecular formula is C17H10N2OS. The number of hydrogen-bond acceptors (Lipinski definition) is 4. The molecule has 3 nitrogen and oxygen atoms in total. The van der Waals surface area contributed by atoms with Gasteiger partial charge in [0.15, 0.2) is 5.01 Å². The van der Waals surface area contributed by atoms with E-state index in [1.807, 2.05) is 35.7 Å². The number of carbonyl (C=O) groups excluding carboxylic acids is 1. The predicted molar refractivity (Wildman–Crippen MR) is 82.1 cm³/mol. The first kappa shape index (κ1) is 13.2. The molecule has 0 aliphatic heterocycles. The summed E-state index contributed by atoms with van der Waals surface area (Å²) in [5.74, 6) is -0.0690. The highest BCUT2D eigenvalue weighted by Gasteiger charge is 2.13. The zero-order chi connectivity index (χ0) is 14.7. The largest absolute Gasteiger partial charge is 0.286 e. The second-order valence-electron chi connectivity index (χ2n) is 4.42. The lowest BCUT2D eigenvalue weighted by molar-refractivity contribution is 0.103. The maximum atomic E-state index is 12.3. The summed E-state index contributed by atoms with van der Waals surface area (Å²) in [5.41, 5.74) is 2.90. The van der Waals surface area contributed by atoms with Crippen LogP contribution in [0.3, 0.4) is 0 Å². The van der Waals surface area contributed by atoms with Crippen molar-refractivity contribution in [2.45, 2.75) is 0 Å². The highest BCUT2D eigenvalue weighted by Crippen LogP contribution is 2.23. The van der Waals surface area contributed by atoms with Gasteiger partial charge >= 0.3 is 0 Å². The van der Waals surface area contributed by atoms with Crippen LogP contribution in [-0.4, -0.2) is 10.8 Å². The van der Waals surface area contributed by atoms with Gasteiger partial charge in [0.25, 0.3) is 0 Å². The van der Waals surface area contributed by atoms with Gasteiger partial charge in [-0.25, -0.2) is 4.98 Å². The van der Waals surface area contributed by atoms with Crippen molar-refractivity contribution in [1.82, 2.24) is 4.98 Å². The molecule has 1 heterocycles. The second kappa shape index (κ2) is 5.70. The third-order valence-corrected chi connectivity index (χ3v) is 3.89. The lowest BCUT2D eigenvalue weighted by Gasteiger charge is -1.97. The molecule has 4 heteroatoms. The zero-order valence-corrected chi connectivity index (χ0v) is 11.8. The minimum atomic E-state index is -0.0690. The van der Waals surface area contributed by atoms with E-state index in [2.05, 4.69) is 11.1 Å². The number of carbonyl (C=O) groups is 1. The minimum Gasteiger partial charge on any atom is -0.286 e. The molecule has 0 amide bonds. The fraction of sp³-hybridized carbons (Fsp3) is 0. The Hall–Kier alpha value is -2.77. The molecule has 21 heavy (non-hydrogen) atoms. The van der Waals surface area contributed by atoms with Crippen LogP contribution in [-0.2, 0) is 0 Å². The minimum absolute atomic E-state index is 0.0690. The van der Waals surface area contributed by atoms with E-state index in [1.165, 1.54) is 11.3 Å². The number of benzene rings is 2. The van der Waals surface area contributed by atoms with Gasteiger partial charge < -0.3 is 0 Å². The SMILES string of the molecule is N#Cc1ccc(-c2csc(C(=O)c3ccccc3)n2)cc1. The van der Waals surface area contributed by atoms with E-state index in [0.29, 0.717) is 16.1 Å². The van der Waals surface area contributed by atoms with Gasteiger partial charge in [-0.2, -0.15) is 5.26 Å². The van der Waals surface area contributed by atoms with Crippen LogP contribution in [0, 0.1) is 11.3 Å². The van der Waals surface area contributed by atoms with Crippen LogP contribution in [0.25, 0.3) is 11.3 Å². The van der Waals surface area contributed by atoms with Crippen LogP contribution >= 0.6 is 11.3 Å². The van der Waals surface area contributed by atoms with Gasteiger partial charge in [0, 0.05) is 16.5 Å². The number of nitriles is 1. The second-order valence-corrected chi connectivity index (χ2v) is 5.28. The molecule has 0 radical (unpaired) electrons. The van der Waals surface area contributed by atoms with E-state index in [0.717, 1.165) is 11.3 Å². The summed E-state index contributed by atoms with van der Waals surface area (Å²) in [5, 5.41) is 11.1. The monoisotopic (exact) mass is 290 g/mol. The highest BCUT2D eigenvalue weighted by molar-refractivity contribution is 7.12. The molecule has 0 saturated carbocycles. The van der Waals surface area contributed by atoms with Crippen LogP contribution in [0.4, 0.5) is 0 Å². The van der Waals surface area contributed by atoms with Gasteiger partial charge in [0.1, 0.15) is 0 Å². The number of aromatic nitrogens is 1. The summed E-state index contributed by atoms with van der Waals surface area (Å²) < 4.78 is 0. The molecule has 0 saturated heterocycles. The molecule has 3 aromatic rings. The maximum absolute atomic E-state index is 12.3. The fourth-order valence-electron chi connectivity index (χ4n) is 1.94. The topological polar surface area (TPSA) is 53.8 Å². The Morgan fingerprint density at radius 2 is 1.76 bits per heavy atom. The van der Waals surface area contributed by atoms with Crippen molar-refractivity contribution in [2.24, 2.45) is 0 Å². The number of ketones is 1. The number of rotatable bonds is 3. The van der Waals surface area contributed by atoms with E-state index >= 15 is 0 Å². The van der Waals surface area contributed by atoms with E-state index in [9.17, 15) is 4.79 Å². The molecule has 0 atom stereocenters. The molecule has 0 aliphatic carbocycles. The normalized spacial score (nSPS) is 10.0. The van der Waals surface area contributed by atoms with Crippen molar-refractivity contribution in [3.8, 4) is 17.3 Å².